The average Bonchev–Trinajstić information content (AvgIpc) is 2.77. The lowest BCUT2D eigenvalue weighted by molar-refractivity contribution is 1.20. The molecule has 1 aromatic heterocycles. The molecular weight excluding hydrogens is 194 g/mol. The van der Waals surface area contributed by atoms with E-state index in [4.69, 9.17) is 0 Å². The molecule has 1 N–H and O–H groups in total. The van der Waals surface area contributed by atoms with Gasteiger partial charge in [-0.05, 0) is 35.7 Å². The molecular formula is C15H12N. The molecule has 16 heavy (non-hydrogen) atoms. The summed E-state index contributed by atoms with van der Waals surface area (Å²) in [7, 11) is 0. The van der Waals surface area contributed by atoms with Gasteiger partial charge in [0.05, 0.1) is 6.20 Å². The fraction of sp³-hybridized carbons (Fsp3) is 0.0667. The van der Waals surface area contributed by atoms with E-state index in [1.807, 2.05) is 12.1 Å². The third kappa shape index (κ3) is 1.72. The number of H-pyrrole nitrogens is 1. The second kappa shape index (κ2) is 3.86. The largest absolute Gasteiger partial charge is 0.353 e. The van der Waals surface area contributed by atoms with Crippen molar-refractivity contribution in [3.05, 3.63) is 71.9 Å². The van der Waals surface area contributed by atoms with Crippen molar-refractivity contribution < 1.29 is 0 Å². The molecule has 3 aromatic rings. The van der Waals surface area contributed by atoms with Gasteiger partial charge in [-0.3, -0.25) is 0 Å². The van der Waals surface area contributed by atoms with Gasteiger partial charge in [-0.15, -0.1) is 0 Å². The Bertz CT molecular complexity index is 593. The Balaban J connectivity index is 1.94. The van der Waals surface area contributed by atoms with E-state index in [2.05, 4.69) is 53.6 Å². The van der Waals surface area contributed by atoms with Gasteiger partial charge in [-0.2, -0.15) is 0 Å². The van der Waals surface area contributed by atoms with Gasteiger partial charge in [0.2, 0.25) is 0 Å². The predicted molar refractivity (Wildman–Crippen MR) is 66.4 cm³/mol. The second-order valence-corrected chi connectivity index (χ2v) is 4.00. The molecule has 0 spiro atoms. The van der Waals surface area contributed by atoms with Gasteiger partial charge >= 0.3 is 0 Å². The standard InChI is InChI=1S/C15H12N/c1-2-4-12(5-3-1)10-13-6-7-15-14(11-13)8-9-16-15/h1-8,11,16H,10H2. The minimum atomic E-state index is 0.988. The van der Waals surface area contributed by atoms with Crippen molar-refractivity contribution >= 4 is 10.9 Å². The summed E-state index contributed by atoms with van der Waals surface area (Å²) in [5.41, 5.74) is 3.84. The Labute approximate surface area is 94.7 Å². The number of aromatic amines is 1. The molecule has 0 bridgehead atoms. The van der Waals surface area contributed by atoms with E-state index in [-0.39, 0.29) is 0 Å². The molecule has 1 nitrogen and oxygen atoms in total. The Hall–Kier alpha value is -2.02. The van der Waals surface area contributed by atoms with Crippen molar-refractivity contribution in [1.29, 1.82) is 0 Å². The van der Waals surface area contributed by atoms with Crippen molar-refractivity contribution in [3.63, 3.8) is 0 Å². The van der Waals surface area contributed by atoms with Crippen LogP contribution >= 0.6 is 0 Å². The molecule has 3 rings (SSSR count). The van der Waals surface area contributed by atoms with Gasteiger partial charge in [0, 0.05) is 10.9 Å². The molecule has 0 amide bonds. The van der Waals surface area contributed by atoms with Crippen molar-refractivity contribution in [2.75, 3.05) is 0 Å². The van der Waals surface area contributed by atoms with E-state index in [0.29, 0.717) is 0 Å². The van der Waals surface area contributed by atoms with Gasteiger partial charge in [0.15, 0.2) is 0 Å². The summed E-state index contributed by atoms with van der Waals surface area (Å²) in [6.07, 6.45) is 3.99. The molecule has 0 aliphatic carbocycles. The Kier molecular flexibility index (Phi) is 2.22. The maximum atomic E-state index is 3.09. The first kappa shape index (κ1) is 9.22. The minimum absolute atomic E-state index is 0.988. The minimum Gasteiger partial charge on any atom is -0.353 e. The fourth-order valence-electron chi connectivity index (χ4n) is 1.98. The number of rotatable bonds is 2. The summed E-state index contributed by atoms with van der Waals surface area (Å²) in [5, 5.41) is 1.23. The predicted octanol–water partition coefficient (Wildman–Crippen LogP) is 3.56. The van der Waals surface area contributed by atoms with Crippen LogP contribution in [0.1, 0.15) is 11.1 Å². The molecule has 0 saturated heterocycles. The summed E-state index contributed by atoms with van der Waals surface area (Å²) >= 11 is 0. The van der Waals surface area contributed by atoms with Gasteiger partial charge in [-0.25, -0.2) is 0 Å². The smallest absolute Gasteiger partial charge is 0.0630 e. The highest BCUT2D eigenvalue weighted by molar-refractivity contribution is 5.79. The van der Waals surface area contributed by atoms with Crippen LogP contribution in [0, 0.1) is 6.20 Å². The molecule has 0 aliphatic rings. The number of hydrogen-bond donors (Lipinski definition) is 1. The van der Waals surface area contributed by atoms with Crippen LogP contribution < -0.4 is 0 Å². The highest BCUT2D eigenvalue weighted by Crippen LogP contribution is 2.16. The van der Waals surface area contributed by atoms with E-state index >= 15 is 0 Å². The van der Waals surface area contributed by atoms with Gasteiger partial charge in [0.25, 0.3) is 0 Å². The van der Waals surface area contributed by atoms with E-state index in [1.54, 1.807) is 0 Å². The third-order valence-electron chi connectivity index (χ3n) is 2.80. The summed E-state index contributed by atoms with van der Waals surface area (Å²) in [6.45, 7) is 0. The van der Waals surface area contributed by atoms with Crippen molar-refractivity contribution in [1.82, 2.24) is 4.98 Å². The summed E-state index contributed by atoms with van der Waals surface area (Å²) in [4.78, 5) is 3.09. The van der Waals surface area contributed by atoms with Crippen molar-refractivity contribution in [2.45, 2.75) is 6.42 Å². The maximum absolute atomic E-state index is 3.09. The molecule has 1 heteroatoms. The van der Waals surface area contributed by atoms with Crippen LogP contribution in [-0.2, 0) is 6.42 Å². The first-order valence-electron chi connectivity index (χ1n) is 5.43. The monoisotopic (exact) mass is 206 g/mol. The van der Waals surface area contributed by atoms with Crippen LogP contribution in [0.15, 0.2) is 54.6 Å². The normalized spacial score (nSPS) is 10.8. The van der Waals surface area contributed by atoms with E-state index < -0.39 is 0 Å². The zero-order valence-electron chi connectivity index (χ0n) is 8.90. The van der Waals surface area contributed by atoms with Crippen LogP contribution in [0.4, 0.5) is 0 Å². The molecule has 0 fully saturated rings. The number of fused-ring (bicyclic) bond motifs is 1. The molecule has 0 aliphatic heterocycles. The number of aromatic nitrogens is 1. The maximum Gasteiger partial charge on any atom is 0.0630 e. The zero-order valence-corrected chi connectivity index (χ0v) is 8.90. The van der Waals surface area contributed by atoms with E-state index in [1.165, 1.54) is 16.5 Å². The number of nitrogens with one attached hydrogen (secondary N) is 1. The molecule has 1 heterocycles. The second-order valence-electron chi connectivity index (χ2n) is 4.00. The molecule has 0 unspecified atom stereocenters. The Morgan fingerprint density at radius 3 is 2.69 bits per heavy atom. The van der Waals surface area contributed by atoms with Crippen LogP contribution in [0.2, 0.25) is 0 Å². The highest BCUT2D eigenvalue weighted by Gasteiger charge is 1.98. The highest BCUT2D eigenvalue weighted by atomic mass is 14.7. The Morgan fingerprint density at radius 1 is 0.938 bits per heavy atom. The van der Waals surface area contributed by atoms with E-state index in [0.717, 1.165) is 11.9 Å². The molecule has 0 saturated carbocycles. The van der Waals surface area contributed by atoms with Crippen LogP contribution in [0.25, 0.3) is 10.9 Å². The summed E-state index contributed by atoms with van der Waals surface area (Å²) in [5.74, 6) is 0. The first-order valence-corrected chi connectivity index (χ1v) is 5.43. The average molecular weight is 206 g/mol. The van der Waals surface area contributed by atoms with Gasteiger partial charge in [-0.1, -0.05) is 36.4 Å². The SMILES string of the molecule is [c]1cc2cc(Cc3ccccc3)ccc2[nH]1. The van der Waals surface area contributed by atoms with E-state index in [9.17, 15) is 0 Å². The summed E-state index contributed by atoms with van der Waals surface area (Å²) < 4.78 is 0. The zero-order chi connectivity index (χ0) is 10.8. The molecule has 0 atom stereocenters. The Morgan fingerprint density at radius 2 is 1.81 bits per heavy atom. The lowest BCUT2D eigenvalue weighted by Gasteiger charge is -2.01. The quantitative estimate of drug-likeness (QED) is 0.660. The number of hydrogen-bond acceptors (Lipinski definition) is 0. The molecule has 1 radical (unpaired) electrons. The van der Waals surface area contributed by atoms with Crippen LogP contribution in [-0.4, -0.2) is 4.98 Å². The van der Waals surface area contributed by atoms with Crippen LogP contribution in [0.5, 0.6) is 0 Å². The van der Waals surface area contributed by atoms with Gasteiger partial charge in [0.1, 0.15) is 0 Å². The fourth-order valence-corrected chi connectivity index (χ4v) is 1.98. The molecule has 2 aromatic carbocycles. The van der Waals surface area contributed by atoms with Crippen molar-refractivity contribution in [3.8, 4) is 0 Å². The van der Waals surface area contributed by atoms with Gasteiger partial charge < -0.3 is 4.98 Å². The first-order chi connectivity index (χ1) is 7.92. The lowest BCUT2D eigenvalue weighted by atomic mass is 10.0. The number of benzene rings is 2. The topological polar surface area (TPSA) is 15.8 Å². The van der Waals surface area contributed by atoms with Crippen molar-refractivity contribution in [2.24, 2.45) is 0 Å². The third-order valence-corrected chi connectivity index (χ3v) is 2.80. The van der Waals surface area contributed by atoms with Crippen LogP contribution in [0.3, 0.4) is 0 Å². The summed E-state index contributed by atoms with van der Waals surface area (Å²) in [6, 6.07) is 19.0. The lowest BCUT2D eigenvalue weighted by Crippen LogP contribution is -1.86. The molecule has 77 valence electrons.